The summed E-state index contributed by atoms with van der Waals surface area (Å²) in [7, 11) is 0. The van der Waals surface area contributed by atoms with Gasteiger partial charge in [-0.2, -0.15) is 0 Å². The van der Waals surface area contributed by atoms with Crippen molar-refractivity contribution in [2.24, 2.45) is 0 Å². The number of hydrogen-bond donors (Lipinski definition) is 0. The minimum Gasteiger partial charge on any atom is -0.298 e. The van der Waals surface area contributed by atoms with Crippen molar-refractivity contribution >= 4 is 38.8 Å². The monoisotopic (exact) mass is 410 g/mol. The van der Waals surface area contributed by atoms with Gasteiger partial charge in [-0.05, 0) is 59.9 Å². The zero-order valence-electron chi connectivity index (χ0n) is 15.5. The van der Waals surface area contributed by atoms with E-state index < -0.39 is 0 Å². The van der Waals surface area contributed by atoms with E-state index in [2.05, 4.69) is 66.2 Å². The highest BCUT2D eigenvalue weighted by molar-refractivity contribution is 9.10. The molecule has 3 rings (SSSR count). The molecule has 0 amide bonds. The highest BCUT2D eigenvalue weighted by atomic mass is 79.9. The molecular formula is C23H23BrO2. The van der Waals surface area contributed by atoms with Crippen LogP contribution in [0.5, 0.6) is 0 Å². The molecule has 0 heterocycles. The van der Waals surface area contributed by atoms with Crippen LogP contribution in [0.2, 0.25) is 0 Å². The average Bonchev–Trinajstić information content (AvgIpc) is 2.61. The SMILES string of the molecule is CC(=O)c1cc(C=O)ccc1C.CC(C)c1cc(Br)cc2ccccc12. The molecule has 0 bridgehead atoms. The molecular weight excluding hydrogens is 388 g/mol. The zero-order chi connectivity index (χ0) is 19.3. The van der Waals surface area contributed by atoms with Crippen LogP contribution in [-0.2, 0) is 0 Å². The second-order valence-electron chi connectivity index (χ2n) is 6.62. The van der Waals surface area contributed by atoms with Crippen molar-refractivity contribution < 1.29 is 9.59 Å². The van der Waals surface area contributed by atoms with Crippen LogP contribution in [0.3, 0.4) is 0 Å². The minimum atomic E-state index is -0.00352. The zero-order valence-corrected chi connectivity index (χ0v) is 17.1. The van der Waals surface area contributed by atoms with E-state index in [0.717, 1.165) is 11.8 Å². The fraction of sp³-hybridized carbons (Fsp3) is 0.217. The number of carbonyl (C=O) groups excluding carboxylic acids is 2. The van der Waals surface area contributed by atoms with Crippen molar-refractivity contribution in [1.29, 1.82) is 0 Å². The van der Waals surface area contributed by atoms with Gasteiger partial charge in [0.25, 0.3) is 0 Å². The third kappa shape index (κ3) is 4.89. The summed E-state index contributed by atoms with van der Waals surface area (Å²) in [6.07, 6.45) is 0.742. The van der Waals surface area contributed by atoms with Gasteiger partial charge in [-0.15, -0.1) is 0 Å². The Labute approximate surface area is 163 Å². The molecule has 0 N–H and O–H groups in total. The maximum absolute atomic E-state index is 11.0. The molecule has 0 unspecified atom stereocenters. The maximum atomic E-state index is 11.0. The number of aryl methyl sites for hydroxylation is 1. The van der Waals surface area contributed by atoms with Gasteiger partial charge in [-0.3, -0.25) is 9.59 Å². The molecule has 3 heteroatoms. The smallest absolute Gasteiger partial charge is 0.160 e. The van der Waals surface area contributed by atoms with Crippen LogP contribution < -0.4 is 0 Å². The van der Waals surface area contributed by atoms with Gasteiger partial charge in [0.1, 0.15) is 6.29 Å². The summed E-state index contributed by atoms with van der Waals surface area (Å²) in [4.78, 5) is 21.4. The number of aldehydes is 1. The third-order valence-corrected chi connectivity index (χ3v) is 4.72. The predicted molar refractivity (Wildman–Crippen MR) is 112 cm³/mol. The van der Waals surface area contributed by atoms with E-state index in [-0.39, 0.29) is 5.78 Å². The number of ketones is 1. The Morgan fingerprint density at radius 3 is 2.35 bits per heavy atom. The molecule has 134 valence electrons. The summed E-state index contributed by atoms with van der Waals surface area (Å²) in [5.41, 5.74) is 3.49. The van der Waals surface area contributed by atoms with Crippen LogP contribution in [0, 0.1) is 6.92 Å². The summed E-state index contributed by atoms with van der Waals surface area (Å²) in [6, 6.07) is 18.0. The standard InChI is InChI=1S/C13H13Br.C10H10O2/c1-9(2)13-8-11(14)7-10-5-3-4-6-12(10)13;1-7-3-4-9(6-11)5-10(7)8(2)12/h3-9H,1-2H3;3-6H,1-2H3. The lowest BCUT2D eigenvalue weighted by Crippen LogP contribution is -1.97. The van der Waals surface area contributed by atoms with E-state index in [4.69, 9.17) is 0 Å². The summed E-state index contributed by atoms with van der Waals surface area (Å²) in [5, 5.41) is 2.68. The van der Waals surface area contributed by atoms with Gasteiger partial charge < -0.3 is 0 Å². The number of rotatable bonds is 3. The number of Topliss-reactive ketones (excluding diaryl/α,β-unsaturated/α-hetero) is 1. The van der Waals surface area contributed by atoms with E-state index in [1.165, 1.54) is 27.7 Å². The number of fused-ring (bicyclic) bond motifs is 1. The van der Waals surface area contributed by atoms with E-state index in [9.17, 15) is 9.59 Å². The van der Waals surface area contributed by atoms with E-state index in [1.807, 2.05) is 6.92 Å². The summed E-state index contributed by atoms with van der Waals surface area (Å²) >= 11 is 3.55. The molecule has 3 aromatic carbocycles. The van der Waals surface area contributed by atoms with Crippen molar-refractivity contribution in [3.05, 3.63) is 81.3 Å². The second-order valence-corrected chi connectivity index (χ2v) is 7.53. The van der Waals surface area contributed by atoms with E-state index >= 15 is 0 Å². The molecule has 3 aromatic rings. The Bertz CT molecular complexity index is 942. The minimum absolute atomic E-state index is 0.00352. The lowest BCUT2D eigenvalue weighted by atomic mass is 9.96. The van der Waals surface area contributed by atoms with Crippen LogP contribution in [0.4, 0.5) is 0 Å². The molecule has 0 saturated heterocycles. The van der Waals surface area contributed by atoms with Gasteiger partial charge in [0.15, 0.2) is 5.78 Å². The van der Waals surface area contributed by atoms with Crippen LogP contribution in [0.25, 0.3) is 10.8 Å². The topological polar surface area (TPSA) is 34.1 Å². The number of halogens is 1. The van der Waals surface area contributed by atoms with Crippen LogP contribution in [-0.4, -0.2) is 12.1 Å². The van der Waals surface area contributed by atoms with Crippen LogP contribution >= 0.6 is 15.9 Å². The molecule has 0 fully saturated rings. The molecule has 2 nitrogen and oxygen atoms in total. The van der Waals surface area contributed by atoms with Gasteiger partial charge in [-0.1, -0.05) is 66.2 Å². The number of hydrogen-bond acceptors (Lipinski definition) is 2. The van der Waals surface area contributed by atoms with Gasteiger partial charge in [0.05, 0.1) is 0 Å². The fourth-order valence-electron chi connectivity index (χ4n) is 2.87. The first-order valence-corrected chi connectivity index (χ1v) is 9.37. The summed E-state index contributed by atoms with van der Waals surface area (Å²) in [6.45, 7) is 7.81. The predicted octanol–water partition coefficient (Wildman–Crippen LogP) is 6.74. The Kier molecular flexibility index (Phi) is 6.87. The average molecular weight is 411 g/mol. The first kappa shape index (κ1) is 20.1. The first-order valence-electron chi connectivity index (χ1n) is 8.58. The molecule has 0 saturated carbocycles. The van der Waals surface area contributed by atoms with Crippen molar-refractivity contribution in [3.8, 4) is 0 Å². The van der Waals surface area contributed by atoms with Crippen molar-refractivity contribution in [3.63, 3.8) is 0 Å². The molecule has 0 spiro atoms. The second kappa shape index (κ2) is 8.91. The molecule has 0 aliphatic carbocycles. The molecule has 0 radical (unpaired) electrons. The summed E-state index contributed by atoms with van der Waals surface area (Å²) in [5.74, 6) is 0.564. The molecule has 0 aromatic heterocycles. The van der Waals surface area contributed by atoms with Gasteiger partial charge in [0.2, 0.25) is 0 Å². The number of carbonyl (C=O) groups is 2. The van der Waals surface area contributed by atoms with E-state index in [1.54, 1.807) is 18.2 Å². The normalized spacial score (nSPS) is 10.4. The van der Waals surface area contributed by atoms with Crippen molar-refractivity contribution in [2.45, 2.75) is 33.6 Å². The van der Waals surface area contributed by atoms with Crippen molar-refractivity contribution in [2.75, 3.05) is 0 Å². The Balaban J connectivity index is 0.000000190. The van der Waals surface area contributed by atoms with Gasteiger partial charge >= 0.3 is 0 Å². The maximum Gasteiger partial charge on any atom is 0.160 e. The van der Waals surface area contributed by atoms with Crippen LogP contribution in [0.1, 0.15) is 58.5 Å². The van der Waals surface area contributed by atoms with Crippen LogP contribution in [0.15, 0.2) is 59.1 Å². The first-order chi connectivity index (χ1) is 12.3. The quantitative estimate of drug-likeness (QED) is 0.354. The Morgan fingerprint density at radius 1 is 1.04 bits per heavy atom. The lowest BCUT2D eigenvalue weighted by Gasteiger charge is -2.10. The molecule has 0 aliphatic heterocycles. The summed E-state index contributed by atoms with van der Waals surface area (Å²) < 4.78 is 1.17. The highest BCUT2D eigenvalue weighted by Crippen LogP contribution is 2.29. The molecule has 0 aliphatic rings. The van der Waals surface area contributed by atoms with Crippen molar-refractivity contribution in [1.82, 2.24) is 0 Å². The Hall–Kier alpha value is -2.26. The fourth-order valence-corrected chi connectivity index (χ4v) is 3.37. The molecule has 26 heavy (non-hydrogen) atoms. The van der Waals surface area contributed by atoms with Gasteiger partial charge in [0, 0.05) is 15.6 Å². The highest BCUT2D eigenvalue weighted by Gasteiger charge is 2.06. The lowest BCUT2D eigenvalue weighted by molar-refractivity contribution is 0.101. The number of benzene rings is 3. The van der Waals surface area contributed by atoms with Gasteiger partial charge in [-0.25, -0.2) is 0 Å². The van der Waals surface area contributed by atoms with E-state index in [0.29, 0.717) is 17.0 Å². The molecule has 0 atom stereocenters. The third-order valence-electron chi connectivity index (χ3n) is 4.26. The largest absolute Gasteiger partial charge is 0.298 e. The Morgan fingerprint density at radius 2 is 1.73 bits per heavy atom.